The molecule has 1 aliphatic rings. The molecule has 0 saturated heterocycles. The van der Waals surface area contributed by atoms with Gasteiger partial charge in [-0.15, -0.1) is 23.7 Å². The lowest BCUT2D eigenvalue weighted by molar-refractivity contribution is 0.0911. The molecule has 3 rings (SSSR count). The van der Waals surface area contributed by atoms with Gasteiger partial charge >= 0.3 is 0 Å². The number of carbonyl (C=O) groups is 1. The summed E-state index contributed by atoms with van der Waals surface area (Å²) < 4.78 is 5.65. The second-order valence-corrected chi connectivity index (χ2v) is 5.57. The number of ether oxygens (including phenoxy) is 1. The Morgan fingerprint density at radius 1 is 1.48 bits per heavy atom. The fourth-order valence-electron chi connectivity index (χ4n) is 2.19. The third-order valence-electron chi connectivity index (χ3n) is 3.17. The van der Waals surface area contributed by atoms with Crippen LogP contribution in [0.2, 0.25) is 0 Å². The molecule has 1 amide bonds. The summed E-state index contributed by atoms with van der Waals surface area (Å²) in [4.78, 5) is 16.3. The lowest BCUT2D eigenvalue weighted by Crippen LogP contribution is -2.42. The van der Waals surface area contributed by atoms with Crippen molar-refractivity contribution in [3.8, 4) is 5.75 Å². The number of hydrogen-bond donors (Lipinski definition) is 2. The van der Waals surface area contributed by atoms with Gasteiger partial charge in [0, 0.05) is 11.9 Å². The zero-order chi connectivity index (χ0) is 13.9. The van der Waals surface area contributed by atoms with E-state index in [4.69, 9.17) is 10.5 Å². The van der Waals surface area contributed by atoms with Crippen molar-refractivity contribution in [2.24, 2.45) is 5.73 Å². The van der Waals surface area contributed by atoms with Crippen LogP contribution in [-0.4, -0.2) is 23.5 Å². The van der Waals surface area contributed by atoms with E-state index >= 15 is 0 Å². The van der Waals surface area contributed by atoms with Crippen molar-refractivity contribution in [2.75, 3.05) is 6.61 Å². The van der Waals surface area contributed by atoms with E-state index in [1.54, 1.807) is 5.38 Å². The molecule has 1 unspecified atom stereocenters. The number of amides is 1. The van der Waals surface area contributed by atoms with E-state index in [0.29, 0.717) is 18.8 Å². The molecule has 0 fully saturated rings. The van der Waals surface area contributed by atoms with E-state index in [-0.39, 0.29) is 24.4 Å². The summed E-state index contributed by atoms with van der Waals surface area (Å²) in [5, 5.41) is 5.45. The maximum absolute atomic E-state index is 12.1. The number of benzene rings is 1. The third-order valence-corrected chi connectivity index (χ3v) is 4.04. The summed E-state index contributed by atoms with van der Waals surface area (Å²) in [5.74, 6) is 0.728. The van der Waals surface area contributed by atoms with Gasteiger partial charge in [-0.25, -0.2) is 4.98 Å². The Labute approximate surface area is 132 Å². The van der Waals surface area contributed by atoms with Crippen LogP contribution >= 0.6 is 23.7 Å². The van der Waals surface area contributed by atoms with Crippen LogP contribution in [0.15, 0.2) is 29.6 Å². The smallest absolute Gasteiger partial charge is 0.271 e. The number of aromatic nitrogens is 1. The Balaban J connectivity index is 0.00000161. The Kier molecular flexibility index (Phi) is 5.17. The van der Waals surface area contributed by atoms with Crippen molar-refractivity contribution in [1.29, 1.82) is 0 Å². The molecule has 0 saturated carbocycles. The summed E-state index contributed by atoms with van der Waals surface area (Å²) in [6.45, 7) is 0.842. The van der Waals surface area contributed by atoms with E-state index in [1.165, 1.54) is 11.3 Å². The predicted molar refractivity (Wildman–Crippen MR) is 84.1 cm³/mol. The van der Waals surface area contributed by atoms with E-state index in [2.05, 4.69) is 10.3 Å². The molecule has 7 heteroatoms. The van der Waals surface area contributed by atoms with Crippen LogP contribution in [0, 0.1) is 0 Å². The number of hydrogen-bond acceptors (Lipinski definition) is 5. The molecule has 2 heterocycles. The molecule has 1 aromatic heterocycles. The van der Waals surface area contributed by atoms with Crippen LogP contribution in [0.3, 0.4) is 0 Å². The minimum Gasteiger partial charge on any atom is -0.491 e. The normalized spacial score (nSPS) is 16.3. The second kappa shape index (κ2) is 6.89. The summed E-state index contributed by atoms with van der Waals surface area (Å²) in [6, 6.07) is 7.85. The standard InChI is InChI=1S/C14H15N3O2S.ClH/c15-6-13-17-11(8-20-13)14(18)16-10-5-9-3-1-2-4-12(9)19-7-10;/h1-4,8,10H,5-7,15H2,(H,16,18);1H. The highest BCUT2D eigenvalue weighted by Crippen LogP contribution is 2.24. The summed E-state index contributed by atoms with van der Waals surface area (Å²) >= 11 is 1.40. The molecule has 1 atom stereocenters. The number of carbonyl (C=O) groups excluding carboxylic acids is 1. The molecule has 1 aromatic carbocycles. The first-order valence-electron chi connectivity index (χ1n) is 6.42. The van der Waals surface area contributed by atoms with Gasteiger partial charge in [0.25, 0.3) is 5.91 Å². The van der Waals surface area contributed by atoms with Crippen molar-refractivity contribution in [2.45, 2.75) is 19.0 Å². The Morgan fingerprint density at radius 3 is 3.05 bits per heavy atom. The van der Waals surface area contributed by atoms with Crippen molar-refractivity contribution in [3.63, 3.8) is 0 Å². The summed E-state index contributed by atoms with van der Waals surface area (Å²) in [5.41, 5.74) is 7.04. The van der Waals surface area contributed by atoms with Crippen molar-refractivity contribution in [1.82, 2.24) is 10.3 Å². The SMILES string of the molecule is Cl.NCc1nc(C(=O)NC2COc3ccccc3C2)cs1. The van der Waals surface area contributed by atoms with Crippen molar-refractivity contribution in [3.05, 3.63) is 45.9 Å². The molecule has 21 heavy (non-hydrogen) atoms. The highest BCUT2D eigenvalue weighted by atomic mass is 35.5. The lowest BCUT2D eigenvalue weighted by Gasteiger charge is -2.25. The molecule has 0 spiro atoms. The van der Waals surface area contributed by atoms with E-state index in [1.807, 2.05) is 24.3 Å². The number of rotatable bonds is 3. The Bertz CT molecular complexity index is 632. The maximum atomic E-state index is 12.1. The van der Waals surface area contributed by atoms with Gasteiger partial charge in [0.15, 0.2) is 0 Å². The molecular weight excluding hydrogens is 310 g/mol. The molecular formula is C14H16ClN3O2S. The Hall–Kier alpha value is -1.63. The third kappa shape index (κ3) is 3.53. The van der Waals surface area contributed by atoms with Gasteiger partial charge in [-0.1, -0.05) is 18.2 Å². The average molecular weight is 326 g/mol. The molecule has 2 aromatic rings. The Morgan fingerprint density at radius 2 is 2.29 bits per heavy atom. The van der Waals surface area contributed by atoms with E-state index in [0.717, 1.165) is 22.7 Å². The monoisotopic (exact) mass is 325 g/mol. The van der Waals surface area contributed by atoms with Crippen LogP contribution < -0.4 is 15.8 Å². The molecule has 112 valence electrons. The number of para-hydroxylation sites is 1. The van der Waals surface area contributed by atoms with Crippen molar-refractivity contribution >= 4 is 29.7 Å². The van der Waals surface area contributed by atoms with E-state index in [9.17, 15) is 4.79 Å². The maximum Gasteiger partial charge on any atom is 0.271 e. The first kappa shape index (κ1) is 15.8. The number of nitrogens with two attached hydrogens (primary N) is 1. The molecule has 1 aliphatic heterocycles. The number of thiazole rings is 1. The van der Waals surface area contributed by atoms with Gasteiger partial charge in [0.05, 0.1) is 6.04 Å². The molecule has 0 bridgehead atoms. The molecule has 0 aliphatic carbocycles. The van der Waals surface area contributed by atoms with Crippen LogP contribution in [0.5, 0.6) is 5.75 Å². The van der Waals surface area contributed by atoms with E-state index < -0.39 is 0 Å². The molecule has 0 radical (unpaired) electrons. The summed E-state index contributed by atoms with van der Waals surface area (Å²) in [7, 11) is 0. The average Bonchev–Trinajstić information content (AvgIpc) is 2.96. The van der Waals surface area contributed by atoms with Crippen LogP contribution in [-0.2, 0) is 13.0 Å². The largest absolute Gasteiger partial charge is 0.491 e. The zero-order valence-corrected chi connectivity index (χ0v) is 12.9. The van der Waals surface area contributed by atoms with Gasteiger partial charge in [0.1, 0.15) is 23.1 Å². The van der Waals surface area contributed by atoms with Gasteiger partial charge in [-0.3, -0.25) is 4.79 Å². The topological polar surface area (TPSA) is 77.2 Å². The van der Waals surface area contributed by atoms with Crippen molar-refractivity contribution < 1.29 is 9.53 Å². The zero-order valence-electron chi connectivity index (χ0n) is 11.2. The molecule has 5 nitrogen and oxygen atoms in total. The van der Waals surface area contributed by atoms with Gasteiger partial charge in [-0.2, -0.15) is 0 Å². The lowest BCUT2D eigenvalue weighted by atomic mass is 10.0. The quantitative estimate of drug-likeness (QED) is 0.901. The summed E-state index contributed by atoms with van der Waals surface area (Å²) in [6.07, 6.45) is 0.774. The van der Waals surface area contributed by atoms with Gasteiger partial charge < -0.3 is 15.8 Å². The minimum atomic E-state index is -0.172. The highest BCUT2D eigenvalue weighted by Gasteiger charge is 2.22. The van der Waals surface area contributed by atoms with Crippen LogP contribution in [0.25, 0.3) is 0 Å². The first-order chi connectivity index (χ1) is 9.76. The number of halogens is 1. The number of nitrogens with one attached hydrogen (secondary N) is 1. The predicted octanol–water partition coefficient (Wildman–Crippen LogP) is 1.76. The first-order valence-corrected chi connectivity index (χ1v) is 7.30. The fourth-order valence-corrected chi connectivity index (χ4v) is 2.84. The second-order valence-electron chi connectivity index (χ2n) is 4.62. The van der Waals surface area contributed by atoms with Gasteiger partial charge in [0.2, 0.25) is 0 Å². The van der Waals surface area contributed by atoms with Gasteiger partial charge in [-0.05, 0) is 18.1 Å². The van der Waals surface area contributed by atoms with Crippen LogP contribution in [0.4, 0.5) is 0 Å². The highest BCUT2D eigenvalue weighted by molar-refractivity contribution is 7.09. The minimum absolute atomic E-state index is 0. The fraction of sp³-hybridized carbons (Fsp3) is 0.286. The van der Waals surface area contributed by atoms with Crippen LogP contribution in [0.1, 0.15) is 21.1 Å². The number of nitrogens with zero attached hydrogens (tertiary/aromatic N) is 1. The molecule has 3 N–H and O–H groups in total. The number of fused-ring (bicyclic) bond motifs is 1.